The van der Waals surface area contributed by atoms with Crippen molar-refractivity contribution in [2.45, 2.75) is 13.8 Å². The number of benzene rings is 2. The van der Waals surface area contributed by atoms with Crippen molar-refractivity contribution in [2.75, 3.05) is 22.9 Å². The summed E-state index contributed by atoms with van der Waals surface area (Å²) in [6.45, 7) is 3.80. The molecule has 2 N–H and O–H groups in total. The summed E-state index contributed by atoms with van der Waals surface area (Å²) in [7, 11) is -3.37. The molecule has 0 radical (unpaired) electrons. The average molecular weight is 376 g/mol. The molecule has 2 rings (SSSR count). The van der Waals surface area contributed by atoms with Crippen LogP contribution in [-0.4, -0.2) is 33.2 Å². The second-order valence-corrected chi connectivity index (χ2v) is 7.40. The number of hydrogen-bond donors (Lipinski definition) is 2. The second-order valence-electron chi connectivity index (χ2n) is 5.66. The first kappa shape index (κ1) is 19.5. The van der Waals surface area contributed by atoms with Gasteiger partial charge in [0, 0.05) is 16.9 Å². The van der Waals surface area contributed by atoms with Crippen LogP contribution in [0.3, 0.4) is 0 Å². The molecule has 0 saturated heterocycles. The Kier molecular flexibility index (Phi) is 5.99. The number of carbonyl (C=O) groups is 2. The van der Waals surface area contributed by atoms with E-state index in [1.807, 2.05) is 0 Å². The predicted octanol–water partition coefficient (Wildman–Crippen LogP) is 2.80. The monoisotopic (exact) mass is 376 g/mol. The van der Waals surface area contributed by atoms with Crippen LogP contribution < -0.4 is 10.0 Å². The van der Waals surface area contributed by atoms with Crippen LogP contribution in [0.5, 0.6) is 0 Å². The third-order valence-electron chi connectivity index (χ3n) is 3.44. The molecule has 0 unspecified atom stereocenters. The Morgan fingerprint density at radius 3 is 2.19 bits per heavy atom. The highest BCUT2D eigenvalue weighted by atomic mass is 32.2. The summed E-state index contributed by atoms with van der Waals surface area (Å²) in [5.41, 5.74) is 2.45. The van der Waals surface area contributed by atoms with Gasteiger partial charge in [0.2, 0.25) is 10.0 Å². The van der Waals surface area contributed by atoms with Crippen molar-refractivity contribution in [1.29, 1.82) is 0 Å². The van der Waals surface area contributed by atoms with E-state index in [9.17, 15) is 18.0 Å². The normalized spacial score (nSPS) is 10.9. The first-order valence-electron chi connectivity index (χ1n) is 7.86. The van der Waals surface area contributed by atoms with Crippen LogP contribution in [0.2, 0.25) is 0 Å². The van der Waals surface area contributed by atoms with Gasteiger partial charge in [-0.15, -0.1) is 0 Å². The zero-order chi connectivity index (χ0) is 19.3. The Morgan fingerprint density at radius 1 is 1.04 bits per heavy atom. The molecule has 0 bridgehead atoms. The van der Waals surface area contributed by atoms with Crippen molar-refractivity contribution >= 4 is 33.3 Å². The van der Waals surface area contributed by atoms with Crippen LogP contribution in [0.4, 0.5) is 11.4 Å². The molecule has 7 nitrogen and oxygen atoms in total. The zero-order valence-corrected chi connectivity index (χ0v) is 15.5. The molecule has 0 heterocycles. The van der Waals surface area contributed by atoms with Gasteiger partial charge < -0.3 is 10.1 Å². The number of carbonyl (C=O) groups excluding carboxylic acids is 2. The molecule has 0 spiro atoms. The molecule has 0 fully saturated rings. The van der Waals surface area contributed by atoms with Gasteiger partial charge in [0.15, 0.2) is 0 Å². The predicted molar refractivity (Wildman–Crippen MR) is 100.0 cm³/mol. The molecule has 138 valence electrons. The molecule has 0 atom stereocenters. The van der Waals surface area contributed by atoms with E-state index in [1.165, 1.54) is 24.3 Å². The number of sulfonamides is 1. The van der Waals surface area contributed by atoms with Crippen LogP contribution in [0, 0.1) is 6.92 Å². The van der Waals surface area contributed by atoms with Crippen molar-refractivity contribution in [2.24, 2.45) is 0 Å². The minimum atomic E-state index is -3.37. The first-order valence-corrected chi connectivity index (χ1v) is 9.75. The molecule has 0 saturated carbocycles. The number of aryl methyl sites for hydroxylation is 1. The fraction of sp³-hybridized carbons (Fsp3) is 0.222. The van der Waals surface area contributed by atoms with Crippen LogP contribution >= 0.6 is 0 Å². The van der Waals surface area contributed by atoms with Crippen molar-refractivity contribution in [1.82, 2.24) is 0 Å². The Bertz CT molecular complexity index is 921. The first-order chi connectivity index (χ1) is 12.2. The highest BCUT2D eigenvalue weighted by Gasteiger charge is 2.12. The molecule has 2 aromatic rings. The lowest BCUT2D eigenvalue weighted by molar-refractivity contribution is 0.0526. The number of esters is 1. The van der Waals surface area contributed by atoms with Gasteiger partial charge in [-0.05, 0) is 61.9 Å². The molecule has 0 aliphatic heterocycles. The van der Waals surface area contributed by atoms with Crippen molar-refractivity contribution in [3.8, 4) is 0 Å². The van der Waals surface area contributed by atoms with E-state index in [4.69, 9.17) is 4.74 Å². The summed E-state index contributed by atoms with van der Waals surface area (Å²) in [5.74, 6) is -0.759. The average Bonchev–Trinajstić information content (AvgIpc) is 2.56. The van der Waals surface area contributed by atoms with Crippen molar-refractivity contribution in [3.63, 3.8) is 0 Å². The molecule has 1 amide bonds. The van der Waals surface area contributed by atoms with Gasteiger partial charge in [-0.1, -0.05) is 0 Å². The Morgan fingerprint density at radius 2 is 1.65 bits per heavy atom. The number of rotatable bonds is 6. The molecule has 8 heteroatoms. The molecule has 0 aliphatic rings. The molecular formula is C18H20N2O5S. The largest absolute Gasteiger partial charge is 0.462 e. The van der Waals surface area contributed by atoms with Gasteiger partial charge in [-0.25, -0.2) is 13.2 Å². The molecule has 0 aliphatic carbocycles. The summed E-state index contributed by atoms with van der Waals surface area (Å²) >= 11 is 0. The van der Waals surface area contributed by atoms with E-state index in [0.29, 0.717) is 29.1 Å². The summed E-state index contributed by atoms with van der Waals surface area (Å²) in [6.07, 6.45) is 1.05. The van der Waals surface area contributed by atoms with Crippen LogP contribution in [0.15, 0.2) is 42.5 Å². The summed E-state index contributed by atoms with van der Waals surface area (Å²) in [6, 6.07) is 10.9. The smallest absolute Gasteiger partial charge is 0.338 e. The van der Waals surface area contributed by atoms with Crippen LogP contribution in [0.25, 0.3) is 0 Å². The Balaban J connectivity index is 2.11. The lowest BCUT2D eigenvalue weighted by Crippen LogP contribution is -2.14. The van der Waals surface area contributed by atoms with Gasteiger partial charge in [-0.2, -0.15) is 0 Å². The number of anilines is 2. The van der Waals surface area contributed by atoms with E-state index in [0.717, 1.165) is 11.8 Å². The fourth-order valence-corrected chi connectivity index (χ4v) is 2.81. The number of nitrogens with one attached hydrogen (secondary N) is 2. The Labute approximate surface area is 152 Å². The maximum Gasteiger partial charge on any atom is 0.338 e. The highest BCUT2D eigenvalue weighted by Crippen LogP contribution is 2.19. The van der Waals surface area contributed by atoms with Crippen LogP contribution in [-0.2, 0) is 14.8 Å². The number of hydrogen-bond acceptors (Lipinski definition) is 5. The van der Waals surface area contributed by atoms with E-state index in [2.05, 4.69) is 10.0 Å². The van der Waals surface area contributed by atoms with Gasteiger partial charge in [0.05, 0.1) is 18.4 Å². The van der Waals surface area contributed by atoms with Crippen molar-refractivity contribution < 1.29 is 22.7 Å². The SMILES string of the molecule is CCOC(=O)c1ccc(NC(=O)c2ccc(NS(C)(=O)=O)cc2)c(C)c1. The van der Waals surface area contributed by atoms with Crippen LogP contribution in [0.1, 0.15) is 33.2 Å². The Hall–Kier alpha value is -2.87. The molecule has 26 heavy (non-hydrogen) atoms. The van der Waals surface area contributed by atoms with Crippen molar-refractivity contribution in [3.05, 3.63) is 59.2 Å². The van der Waals surface area contributed by atoms with E-state index < -0.39 is 16.0 Å². The van der Waals surface area contributed by atoms with Gasteiger partial charge >= 0.3 is 5.97 Å². The van der Waals surface area contributed by atoms with Gasteiger partial charge in [0.1, 0.15) is 0 Å². The fourth-order valence-electron chi connectivity index (χ4n) is 2.24. The molecule has 0 aromatic heterocycles. The molecule has 2 aromatic carbocycles. The van der Waals surface area contributed by atoms with E-state index >= 15 is 0 Å². The maximum absolute atomic E-state index is 12.3. The summed E-state index contributed by atoms with van der Waals surface area (Å²) in [4.78, 5) is 24.1. The molecular weight excluding hydrogens is 356 g/mol. The van der Waals surface area contributed by atoms with Gasteiger partial charge in [0.25, 0.3) is 5.91 Å². The topological polar surface area (TPSA) is 102 Å². The minimum absolute atomic E-state index is 0.292. The zero-order valence-electron chi connectivity index (χ0n) is 14.7. The second kappa shape index (κ2) is 8.01. The quantitative estimate of drug-likeness (QED) is 0.755. The summed E-state index contributed by atoms with van der Waals surface area (Å²) in [5, 5.41) is 2.76. The highest BCUT2D eigenvalue weighted by molar-refractivity contribution is 7.92. The lowest BCUT2D eigenvalue weighted by Gasteiger charge is -2.11. The van der Waals surface area contributed by atoms with E-state index in [1.54, 1.807) is 32.0 Å². The summed E-state index contributed by atoms with van der Waals surface area (Å²) < 4.78 is 29.7. The van der Waals surface area contributed by atoms with Gasteiger partial charge in [-0.3, -0.25) is 9.52 Å². The maximum atomic E-state index is 12.3. The lowest BCUT2D eigenvalue weighted by atomic mass is 10.1. The van der Waals surface area contributed by atoms with E-state index in [-0.39, 0.29) is 5.91 Å². The standard InChI is InChI=1S/C18H20N2O5S/c1-4-25-18(22)14-7-10-16(12(2)11-14)19-17(21)13-5-8-15(9-6-13)20-26(3,23)24/h5-11,20H,4H2,1-3H3,(H,19,21). The number of amides is 1. The minimum Gasteiger partial charge on any atom is -0.462 e. The third-order valence-corrected chi connectivity index (χ3v) is 4.04. The third kappa shape index (κ3) is 5.32. The number of ether oxygens (including phenoxy) is 1.